The van der Waals surface area contributed by atoms with Crippen molar-refractivity contribution >= 4 is 289 Å². The number of alkyl halides is 5. The quantitative estimate of drug-likeness (QED) is 0.0209. The molecular formula is C81H112AlBCl21N9O12P. The van der Waals surface area contributed by atoms with E-state index in [9.17, 15) is 33.6 Å². The van der Waals surface area contributed by atoms with Crippen LogP contribution >= 0.6 is 245 Å². The largest absolute Gasteiger partial charge is 0.643 e. The molecule has 0 bridgehead atoms. The first-order valence-electron chi connectivity index (χ1n) is 42.4. The van der Waals surface area contributed by atoms with Crippen LogP contribution < -0.4 is 49.4 Å². The first-order valence-corrected chi connectivity index (χ1v) is 51.4. The lowest BCUT2D eigenvalue weighted by Crippen LogP contribution is -2.47. The topological polar surface area (TPSA) is 311 Å². The summed E-state index contributed by atoms with van der Waals surface area (Å²) in [4.78, 5) is 72.9. The van der Waals surface area contributed by atoms with Gasteiger partial charge < -0.3 is 57.5 Å². The molecule has 126 heavy (non-hydrogen) atoms. The summed E-state index contributed by atoms with van der Waals surface area (Å²) in [5, 5.41) is 38.4. The summed E-state index contributed by atoms with van der Waals surface area (Å²) in [6.07, 6.45) is 3.93. The number of aliphatic carboxylic acids is 3. The van der Waals surface area contributed by atoms with Crippen molar-refractivity contribution in [2.24, 2.45) is 5.73 Å². The number of fused-ring (bicyclic) bond motifs is 3. The first kappa shape index (κ1) is 111. The van der Waals surface area contributed by atoms with Crippen LogP contribution in [0.1, 0.15) is 162 Å². The highest BCUT2D eigenvalue weighted by atomic mass is 36.0. The summed E-state index contributed by atoms with van der Waals surface area (Å²) in [5.74, 6) is -7.28. The third-order valence-electron chi connectivity index (χ3n) is 15.2. The fourth-order valence-corrected chi connectivity index (χ4v) is 10.9. The number of carboxylic acids is 3. The average molecular weight is 2230 g/mol. The highest BCUT2D eigenvalue weighted by Crippen LogP contribution is 2.51. The molecule has 0 saturated carbocycles. The molecule has 6 atom stereocenters. The monoisotopic (exact) mass is 2220 g/mol. The normalized spacial score (nSPS) is 18.4. The number of rotatable bonds is 14. The number of carbonyl (C=O) groups is 4. The van der Waals surface area contributed by atoms with Gasteiger partial charge in [-0.25, -0.2) is 44.5 Å². The molecule has 11 N–H and O–H groups in total. The van der Waals surface area contributed by atoms with Gasteiger partial charge >= 0.3 is 46.4 Å². The number of hydrogen-bond donors (Lipinski definition) is 10. The van der Waals surface area contributed by atoms with Crippen molar-refractivity contribution < 1.29 is 58.1 Å². The van der Waals surface area contributed by atoms with Gasteiger partial charge in [-0.05, 0) is 245 Å². The van der Waals surface area contributed by atoms with E-state index in [1.54, 1.807) is 19.1 Å². The summed E-state index contributed by atoms with van der Waals surface area (Å²) in [7, 11) is 16.1. The number of benzene rings is 6. The van der Waals surface area contributed by atoms with E-state index < -0.39 is 105 Å². The van der Waals surface area contributed by atoms with Crippen molar-refractivity contribution in [3.8, 4) is 0 Å². The molecule has 4 unspecified atom stereocenters. The van der Waals surface area contributed by atoms with E-state index in [1.165, 1.54) is 54.7 Å². The van der Waals surface area contributed by atoms with E-state index in [-0.39, 0.29) is 38.4 Å². The SMILES string of the molecule is C1CCOC1.Cl.ClCCl.ClP(Cl)Cl.NCCc1ccc(Cl)cc1.O=c1n(Cl)c(=O)n(Cl)c(=O)n1Cl.[2H]C(C)(Cl)C(=O)NCCc1ccc(Cl)cc1.[2H]C(C)(Cl)C(=O)O.[2H]C(C)(Cl)CNCCc1ccc(Cl)cc1.[2H]C([2H])(C)C(=O)O.[2H]C1(C)CNCCc2ccc(Cl)cc21.[2H]OC.[2H]OC(=O)C([2H])([2H])C.[2H][C@]1(C)CNCCc2ccc(Cl)cc21.[2H][C@]1(C)CNCCc2ccc(Cl)cc21.[B].[Cl][Al]([Cl])[Cl]. The molecule has 1 saturated heterocycles. The number of aromatic nitrogens is 3. The molecule has 0 spiro atoms. The minimum absolute atomic E-state index is 0. The predicted octanol–water partition coefficient (Wildman–Crippen LogP) is 22.7. The van der Waals surface area contributed by atoms with Gasteiger partial charge in [-0.1, -0.05) is 193 Å². The summed E-state index contributed by atoms with van der Waals surface area (Å²) in [6, 6.07) is 40.5. The second kappa shape index (κ2) is 85.1. The minimum atomic E-state index is -2.08. The molecule has 0 aliphatic carbocycles. The van der Waals surface area contributed by atoms with Crippen LogP contribution in [0, 0.1) is 0 Å². The Morgan fingerprint density at radius 1 is 0.571 bits per heavy atom. The molecular weight excluding hydrogens is 2100 g/mol. The van der Waals surface area contributed by atoms with Crippen LogP contribution in [0.2, 0.25) is 30.1 Å². The molecule has 1 amide bonds. The number of nitrogens with zero attached hydrogens (tertiary/aromatic N) is 3. The highest BCUT2D eigenvalue weighted by molar-refractivity contribution is 8.20. The lowest BCUT2D eigenvalue weighted by atomic mass is 9.96. The molecule has 711 valence electrons. The molecule has 5 heterocycles. The van der Waals surface area contributed by atoms with Gasteiger partial charge in [0.2, 0.25) is 7.34 Å². The number of hydrogen-bond acceptors (Lipinski definition) is 15. The molecule has 4 aliphatic rings. The summed E-state index contributed by atoms with van der Waals surface area (Å²) < 4.78 is 88.9. The molecule has 7 aromatic rings. The van der Waals surface area contributed by atoms with Crippen molar-refractivity contribution in [2.45, 2.75) is 153 Å². The maximum absolute atomic E-state index is 11.3. The van der Waals surface area contributed by atoms with Gasteiger partial charge in [0.1, 0.15) is 10.7 Å². The summed E-state index contributed by atoms with van der Waals surface area (Å²) in [5.41, 5.74) is 12.4. The van der Waals surface area contributed by atoms with Crippen LogP contribution in [0.25, 0.3) is 1.43 Å². The van der Waals surface area contributed by atoms with E-state index in [0.29, 0.717) is 50.7 Å². The van der Waals surface area contributed by atoms with Crippen LogP contribution in [-0.2, 0) is 62.4 Å². The zero-order valence-electron chi connectivity index (χ0n) is 81.9. The molecule has 4 aliphatic heterocycles. The van der Waals surface area contributed by atoms with Crippen molar-refractivity contribution in [3.05, 3.63) is 239 Å². The Kier molecular flexibility index (Phi) is 75.3. The fourth-order valence-electron chi connectivity index (χ4n) is 9.32. The Morgan fingerprint density at radius 3 is 1.06 bits per heavy atom. The summed E-state index contributed by atoms with van der Waals surface area (Å²) in [6.45, 7) is 21.3. The Labute approximate surface area is 869 Å². The maximum atomic E-state index is 11.3. The standard InChI is InChI=1S/C11H13Cl2NO.C11H15Cl2N.3C11H14ClN.C8H10ClN.C4H8O.C3Cl3N3O3.C3H5ClO2.2C3H6O2.CH2Cl2.CH4O.Al.B.Cl3P.4ClH/c1-8(12)11(15)14-7-6-9-2-4-10(13)5-3-9;1-9(12)8-14-7-6-10-2-4-11(13)5-3-10;3*1-8-7-13-5-4-9-2-3-10(12)6-11(8)9;9-8-3-1-7(2-4-8)5-6-10;1-2-4-5-3-1;4-7-1(10)8(5)3(12)9(6)2(7)11;1-2(4)3(5)6;2*1-2-3(4)5;2-1-3;1-2;;;1-4(2)3;;;;/h2-5,8H,6-7H2,1H3,(H,14,15);2-5,9,14H,6-8H2,1H3;3*2-3,6,8,13H,4-5,7H2,1H3;1-4H,5-6,10H2;1-4H2;;2H,1H3,(H,5,6);2*2H2,1H3,(H,4,5);1H2;2H,1H3;;;;4*1H/q;;;;;;;;;;;;;+3;;;;;;/p-3/t;;2*8-;;;;;;;;;;;;;;;;/m..00................/s1/i8D;9D;3*8D;;;;2D;2*2D2;;2D;;;;;;;/hD. The van der Waals surface area contributed by atoms with Gasteiger partial charge in [0.25, 0.3) is 1.43 Å². The number of nitrogens with two attached hydrogens (primary N) is 1. The van der Waals surface area contributed by atoms with E-state index in [0.717, 1.165) is 140 Å². The Bertz CT molecular complexity index is 4450. The third-order valence-corrected chi connectivity index (χ3v) is 18.0. The molecule has 11 rings (SSSR count). The van der Waals surface area contributed by atoms with Crippen LogP contribution in [0.5, 0.6) is 0 Å². The van der Waals surface area contributed by atoms with Crippen molar-refractivity contribution in [3.63, 3.8) is 0 Å². The second-order valence-corrected chi connectivity index (χ2v) is 42.2. The number of carbonyl (C=O) groups excluding carboxylic acids is 1. The fraction of sp³-hybridized carbons (Fsp3) is 0.469. The molecule has 1 aromatic heterocycles. The molecule has 6 aromatic carbocycles. The molecule has 45 heteroatoms. The van der Waals surface area contributed by atoms with Crippen LogP contribution in [0.4, 0.5) is 0 Å². The van der Waals surface area contributed by atoms with Gasteiger partial charge in [-0.2, -0.15) is 0 Å². The predicted molar refractivity (Wildman–Crippen MR) is 548 cm³/mol. The van der Waals surface area contributed by atoms with Gasteiger partial charge in [0.05, 0.1) is 8.08 Å². The average Bonchev–Trinajstić information content (AvgIpc) is 1.68. The number of carboxylic acid groups (broad SMARTS) is 3. The Morgan fingerprint density at radius 2 is 0.841 bits per heavy atom. The Balaban J connectivity index is -0.000000345. The number of aliphatic hydroxyl groups is 1. The summed E-state index contributed by atoms with van der Waals surface area (Å²) >= 11 is 89.0. The number of halogens is 21. The lowest BCUT2D eigenvalue weighted by Gasteiger charge is -2.11. The van der Waals surface area contributed by atoms with Crippen LogP contribution in [0.3, 0.4) is 0 Å². The zero-order chi connectivity index (χ0) is 106. The smallest absolute Gasteiger partial charge is 0.481 e. The number of nitrogens with one attached hydrogen (secondary N) is 5. The van der Waals surface area contributed by atoms with E-state index in [4.69, 9.17) is 264 Å². The third kappa shape index (κ3) is 72.9. The number of amides is 1. The number of aliphatic hydroxyl groups excluding tert-OH is 1. The highest BCUT2D eigenvalue weighted by Gasteiger charge is 2.18. The van der Waals surface area contributed by atoms with Gasteiger partial charge in [-0.3, -0.25) is 19.2 Å². The number of ether oxygens (including phenoxy) is 1. The molecule has 21 nitrogen and oxygen atoms in total. The van der Waals surface area contributed by atoms with Crippen molar-refractivity contribution in [2.75, 3.05) is 91.1 Å². The zero-order valence-corrected chi connectivity index (χ0v) is 87.9. The Hall–Kier alpha value is -1.55. The van der Waals surface area contributed by atoms with Gasteiger partial charge in [0, 0.05) is 156 Å². The van der Waals surface area contributed by atoms with Gasteiger partial charge in [0.15, 0.2) is 5.98 Å². The first-order chi connectivity index (χ1) is 62.6. The van der Waals surface area contributed by atoms with Crippen LogP contribution in [-0.4, -0.2) is 185 Å². The molecule has 3 radical (unpaired) electrons. The van der Waals surface area contributed by atoms with Gasteiger partial charge in [-0.15, -0.1) is 82.7 Å². The van der Waals surface area contributed by atoms with Crippen molar-refractivity contribution in [1.82, 2.24) is 38.8 Å². The lowest BCUT2D eigenvalue weighted by molar-refractivity contribution is -0.137. The molecule has 1 fully saturated rings. The van der Waals surface area contributed by atoms with Crippen LogP contribution in [0.15, 0.2) is 142 Å². The van der Waals surface area contributed by atoms with E-state index in [1.807, 2.05) is 136 Å². The maximum Gasteiger partial charge on any atom is 0.643 e. The van der Waals surface area contributed by atoms with Crippen molar-refractivity contribution in [1.29, 1.82) is 2.86 Å². The minimum Gasteiger partial charge on any atom is -0.481 e. The second-order valence-electron chi connectivity index (χ2n) is 24.6. The van der Waals surface area contributed by atoms with E-state index >= 15 is 0 Å². The van der Waals surface area contributed by atoms with E-state index in [2.05, 4.69) is 36.8 Å².